The Bertz CT molecular complexity index is 442. The van der Waals surface area contributed by atoms with Crippen LogP contribution >= 0.6 is 0 Å². The number of aryl methyl sites for hydroxylation is 1. The maximum atomic E-state index is 11.7. The number of rotatable bonds is 7. The Morgan fingerprint density at radius 1 is 1.20 bits per heavy atom. The molecule has 0 aromatic heterocycles. The first-order valence-electron chi connectivity index (χ1n) is 6.54. The molecule has 0 spiro atoms. The van der Waals surface area contributed by atoms with Gasteiger partial charge < -0.3 is 14.8 Å². The summed E-state index contributed by atoms with van der Waals surface area (Å²) in [7, 11) is 2.95. The number of ether oxygens (including phenoxy) is 2. The summed E-state index contributed by atoms with van der Waals surface area (Å²) >= 11 is 0. The van der Waals surface area contributed by atoms with Crippen molar-refractivity contribution in [2.45, 2.75) is 32.2 Å². The number of carbonyl (C=O) groups excluding carboxylic acids is 2. The van der Waals surface area contributed by atoms with E-state index in [-0.39, 0.29) is 24.3 Å². The minimum Gasteiger partial charge on any atom is -0.497 e. The van der Waals surface area contributed by atoms with Crippen LogP contribution in [0.5, 0.6) is 5.75 Å². The van der Waals surface area contributed by atoms with Gasteiger partial charge in [0.15, 0.2) is 0 Å². The highest BCUT2D eigenvalue weighted by Crippen LogP contribution is 2.12. The summed E-state index contributed by atoms with van der Waals surface area (Å²) in [4.78, 5) is 22.8. The minimum atomic E-state index is -0.326. The fourth-order valence-corrected chi connectivity index (χ4v) is 1.78. The molecule has 1 unspecified atom stereocenters. The second kappa shape index (κ2) is 8.19. The number of nitrogens with one attached hydrogen (secondary N) is 1. The minimum absolute atomic E-state index is 0.0720. The van der Waals surface area contributed by atoms with Gasteiger partial charge >= 0.3 is 5.97 Å². The number of hydrogen-bond donors (Lipinski definition) is 1. The van der Waals surface area contributed by atoms with Crippen LogP contribution in [0, 0.1) is 0 Å². The lowest BCUT2D eigenvalue weighted by molar-refractivity contribution is -0.141. The SMILES string of the molecule is COC(=O)CC(C)NC(=O)CCc1ccc(OC)cc1. The first-order valence-corrected chi connectivity index (χ1v) is 6.54. The van der Waals surface area contributed by atoms with E-state index in [1.807, 2.05) is 24.3 Å². The van der Waals surface area contributed by atoms with Gasteiger partial charge in [-0.1, -0.05) is 12.1 Å². The molecule has 0 saturated carbocycles. The summed E-state index contributed by atoms with van der Waals surface area (Å²) in [6, 6.07) is 7.39. The summed E-state index contributed by atoms with van der Waals surface area (Å²) in [5.41, 5.74) is 1.07. The predicted octanol–water partition coefficient (Wildman–Crippen LogP) is 1.70. The van der Waals surface area contributed by atoms with Gasteiger partial charge in [0.05, 0.1) is 20.6 Å². The highest BCUT2D eigenvalue weighted by atomic mass is 16.5. The highest BCUT2D eigenvalue weighted by molar-refractivity contribution is 5.77. The van der Waals surface area contributed by atoms with E-state index in [0.717, 1.165) is 11.3 Å². The van der Waals surface area contributed by atoms with Gasteiger partial charge in [-0.05, 0) is 31.0 Å². The highest BCUT2D eigenvalue weighted by Gasteiger charge is 2.11. The quantitative estimate of drug-likeness (QED) is 0.771. The number of carbonyl (C=O) groups is 2. The topological polar surface area (TPSA) is 64.6 Å². The maximum Gasteiger partial charge on any atom is 0.307 e. The standard InChI is InChI=1S/C15H21NO4/c1-11(10-15(18)20-3)16-14(17)9-6-12-4-7-13(19-2)8-5-12/h4-5,7-8,11H,6,9-10H2,1-3H3,(H,16,17). The zero-order chi connectivity index (χ0) is 15.0. The monoisotopic (exact) mass is 279 g/mol. The summed E-state index contributed by atoms with van der Waals surface area (Å²) in [6.45, 7) is 1.78. The molecule has 0 radical (unpaired) electrons. The zero-order valence-corrected chi connectivity index (χ0v) is 12.1. The molecule has 0 aliphatic carbocycles. The Hall–Kier alpha value is -2.04. The third kappa shape index (κ3) is 5.73. The van der Waals surface area contributed by atoms with Crippen molar-refractivity contribution in [3.8, 4) is 5.75 Å². The summed E-state index contributed by atoms with van der Waals surface area (Å²) in [5.74, 6) is 0.398. The van der Waals surface area contributed by atoms with E-state index in [2.05, 4.69) is 10.1 Å². The van der Waals surface area contributed by atoms with Crippen LogP contribution in [-0.2, 0) is 20.7 Å². The Morgan fingerprint density at radius 3 is 2.40 bits per heavy atom. The van der Waals surface area contributed by atoms with Gasteiger partial charge in [0.25, 0.3) is 0 Å². The Balaban J connectivity index is 2.33. The molecule has 1 N–H and O–H groups in total. The van der Waals surface area contributed by atoms with Gasteiger partial charge in [0, 0.05) is 12.5 Å². The third-order valence-electron chi connectivity index (χ3n) is 2.91. The molecule has 1 atom stereocenters. The molecule has 20 heavy (non-hydrogen) atoms. The summed E-state index contributed by atoms with van der Waals surface area (Å²) < 4.78 is 9.62. The van der Waals surface area contributed by atoms with E-state index in [9.17, 15) is 9.59 Å². The van der Waals surface area contributed by atoms with Gasteiger partial charge in [-0.25, -0.2) is 0 Å². The van der Waals surface area contributed by atoms with Crippen molar-refractivity contribution in [3.63, 3.8) is 0 Å². The second-order valence-corrected chi connectivity index (χ2v) is 4.60. The molecule has 0 aliphatic heterocycles. The average molecular weight is 279 g/mol. The number of amides is 1. The van der Waals surface area contributed by atoms with E-state index < -0.39 is 0 Å². The van der Waals surface area contributed by atoms with E-state index >= 15 is 0 Å². The van der Waals surface area contributed by atoms with Crippen molar-refractivity contribution >= 4 is 11.9 Å². The molecule has 1 aromatic carbocycles. The molecule has 5 nitrogen and oxygen atoms in total. The number of esters is 1. The molecular weight excluding hydrogens is 258 g/mol. The maximum absolute atomic E-state index is 11.7. The van der Waals surface area contributed by atoms with Gasteiger partial charge in [-0.15, -0.1) is 0 Å². The van der Waals surface area contributed by atoms with E-state index in [4.69, 9.17) is 4.74 Å². The van der Waals surface area contributed by atoms with E-state index in [1.54, 1.807) is 14.0 Å². The largest absolute Gasteiger partial charge is 0.497 e. The molecule has 0 bridgehead atoms. The number of benzene rings is 1. The van der Waals surface area contributed by atoms with Crippen LogP contribution in [0.15, 0.2) is 24.3 Å². The molecule has 0 fully saturated rings. The average Bonchev–Trinajstić information content (AvgIpc) is 2.45. The van der Waals surface area contributed by atoms with Gasteiger partial charge in [0.1, 0.15) is 5.75 Å². The molecule has 0 aliphatic rings. The van der Waals surface area contributed by atoms with Crippen molar-refractivity contribution in [2.75, 3.05) is 14.2 Å². The Kier molecular flexibility index (Phi) is 6.56. The van der Waals surface area contributed by atoms with E-state index in [1.165, 1.54) is 7.11 Å². The summed E-state index contributed by atoms with van der Waals surface area (Å²) in [6.07, 6.45) is 1.23. The van der Waals surface area contributed by atoms with Crippen LogP contribution in [0.2, 0.25) is 0 Å². The fourth-order valence-electron chi connectivity index (χ4n) is 1.78. The zero-order valence-electron chi connectivity index (χ0n) is 12.1. The van der Waals surface area contributed by atoms with Gasteiger partial charge in [-0.2, -0.15) is 0 Å². The molecule has 110 valence electrons. The van der Waals surface area contributed by atoms with Gasteiger partial charge in [-0.3, -0.25) is 9.59 Å². The van der Waals surface area contributed by atoms with Crippen LogP contribution in [0.25, 0.3) is 0 Å². The lowest BCUT2D eigenvalue weighted by Crippen LogP contribution is -2.34. The lowest BCUT2D eigenvalue weighted by Gasteiger charge is -2.12. The first-order chi connectivity index (χ1) is 9.55. The molecule has 1 aromatic rings. The van der Waals surface area contributed by atoms with Crippen LogP contribution in [0.3, 0.4) is 0 Å². The number of methoxy groups -OCH3 is 2. The Morgan fingerprint density at radius 2 is 1.85 bits per heavy atom. The van der Waals surface area contributed by atoms with Crippen LogP contribution < -0.4 is 10.1 Å². The van der Waals surface area contributed by atoms with Crippen molar-refractivity contribution in [3.05, 3.63) is 29.8 Å². The predicted molar refractivity (Wildman–Crippen MR) is 75.6 cm³/mol. The number of hydrogen-bond acceptors (Lipinski definition) is 4. The first kappa shape index (κ1) is 16.0. The van der Waals surface area contributed by atoms with E-state index in [0.29, 0.717) is 12.8 Å². The van der Waals surface area contributed by atoms with Crippen LogP contribution in [0.1, 0.15) is 25.3 Å². The van der Waals surface area contributed by atoms with Crippen LogP contribution in [0.4, 0.5) is 0 Å². The Labute approximate surface area is 119 Å². The normalized spacial score (nSPS) is 11.6. The van der Waals surface area contributed by atoms with Crippen LogP contribution in [-0.4, -0.2) is 32.1 Å². The molecule has 1 rings (SSSR count). The van der Waals surface area contributed by atoms with Crippen molar-refractivity contribution in [1.82, 2.24) is 5.32 Å². The smallest absolute Gasteiger partial charge is 0.307 e. The molecular formula is C15H21NO4. The molecule has 0 heterocycles. The molecule has 5 heteroatoms. The molecule has 1 amide bonds. The third-order valence-corrected chi connectivity index (χ3v) is 2.91. The van der Waals surface area contributed by atoms with Crippen molar-refractivity contribution < 1.29 is 19.1 Å². The summed E-state index contributed by atoms with van der Waals surface area (Å²) in [5, 5.41) is 2.77. The fraction of sp³-hybridized carbons (Fsp3) is 0.467. The van der Waals surface area contributed by atoms with Gasteiger partial charge in [0.2, 0.25) is 5.91 Å². The molecule has 0 saturated heterocycles. The second-order valence-electron chi connectivity index (χ2n) is 4.60. The van der Waals surface area contributed by atoms with Crippen molar-refractivity contribution in [1.29, 1.82) is 0 Å². The lowest BCUT2D eigenvalue weighted by atomic mass is 10.1. The van der Waals surface area contributed by atoms with Crippen molar-refractivity contribution in [2.24, 2.45) is 0 Å².